The third-order valence-corrected chi connectivity index (χ3v) is 5.36. The molecule has 1 atom stereocenters. The summed E-state index contributed by atoms with van der Waals surface area (Å²) in [4.78, 5) is 3.91. The minimum absolute atomic E-state index is 0.0691. The third kappa shape index (κ3) is 3.05. The van der Waals surface area contributed by atoms with Gasteiger partial charge in [0.05, 0.1) is 5.69 Å². The Kier molecular flexibility index (Phi) is 4.38. The Labute approximate surface area is 113 Å². The van der Waals surface area contributed by atoms with Gasteiger partial charge in [-0.1, -0.05) is 0 Å². The summed E-state index contributed by atoms with van der Waals surface area (Å²) in [6.45, 7) is 1.03. The van der Waals surface area contributed by atoms with Gasteiger partial charge < -0.3 is 10.8 Å². The Morgan fingerprint density at radius 2 is 2.32 bits per heavy atom. The molecule has 1 unspecified atom stereocenters. The lowest BCUT2D eigenvalue weighted by Crippen LogP contribution is -2.40. The first-order chi connectivity index (χ1) is 9.05. The maximum Gasteiger partial charge on any atom is 0.246 e. The van der Waals surface area contributed by atoms with Crippen LogP contribution in [0.2, 0.25) is 0 Å². The second-order valence-electron chi connectivity index (χ2n) is 4.80. The lowest BCUT2D eigenvalue weighted by atomic mass is 9.97. The van der Waals surface area contributed by atoms with Crippen LogP contribution in [0.25, 0.3) is 0 Å². The largest absolute Gasteiger partial charge is 0.398 e. The lowest BCUT2D eigenvalue weighted by molar-refractivity contribution is 0.203. The molecular weight excluding hydrogens is 266 g/mol. The summed E-state index contributed by atoms with van der Waals surface area (Å²) in [6, 6.07) is 1.49. The zero-order valence-electron chi connectivity index (χ0n) is 10.7. The molecular formula is C12H19N3O3S. The number of hydrogen-bond donors (Lipinski definition) is 2. The average molecular weight is 285 g/mol. The van der Waals surface area contributed by atoms with Crippen LogP contribution < -0.4 is 5.73 Å². The summed E-state index contributed by atoms with van der Waals surface area (Å²) in [5, 5.41) is 8.97. The molecule has 1 aliphatic rings. The Morgan fingerprint density at radius 1 is 1.53 bits per heavy atom. The molecule has 2 rings (SSSR count). The third-order valence-electron chi connectivity index (χ3n) is 3.45. The van der Waals surface area contributed by atoms with Crippen LogP contribution in [0.3, 0.4) is 0 Å². The molecule has 106 valence electrons. The van der Waals surface area contributed by atoms with Crippen molar-refractivity contribution >= 4 is 15.7 Å². The maximum atomic E-state index is 12.5. The molecule has 7 heteroatoms. The van der Waals surface area contributed by atoms with E-state index in [1.54, 1.807) is 0 Å². The molecule has 2 heterocycles. The summed E-state index contributed by atoms with van der Waals surface area (Å²) in [5.41, 5.74) is 5.94. The number of nitrogen functional groups attached to an aromatic ring is 1. The lowest BCUT2D eigenvalue weighted by Gasteiger charge is -2.31. The maximum absolute atomic E-state index is 12.5. The van der Waals surface area contributed by atoms with Gasteiger partial charge in [-0.05, 0) is 31.2 Å². The Balaban J connectivity index is 2.22. The predicted molar refractivity (Wildman–Crippen MR) is 71.8 cm³/mol. The van der Waals surface area contributed by atoms with Gasteiger partial charge in [0.15, 0.2) is 0 Å². The first-order valence-electron chi connectivity index (χ1n) is 6.36. The first-order valence-corrected chi connectivity index (χ1v) is 7.80. The van der Waals surface area contributed by atoms with Crippen LogP contribution in [-0.2, 0) is 10.0 Å². The fourth-order valence-electron chi connectivity index (χ4n) is 2.41. The van der Waals surface area contributed by atoms with Crippen molar-refractivity contribution in [1.82, 2.24) is 9.29 Å². The summed E-state index contributed by atoms with van der Waals surface area (Å²) in [6.07, 6.45) is 5.16. The van der Waals surface area contributed by atoms with Crippen molar-refractivity contribution in [3.63, 3.8) is 0 Å². The molecule has 6 nitrogen and oxygen atoms in total. The van der Waals surface area contributed by atoms with Gasteiger partial charge in [0.2, 0.25) is 10.0 Å². The van der Waals surface area contributed by atoms with Crippen LogP contribution in [0.15, 0.2) is 23.4 Å². The van der Waals surface area contributed by atoms with Crippen LogP contribution in [-0.4, -0.2) is 42.5 Å². The van der Waals surface area contributed by atoms with Crippen LogP contribution in [0.1, 0.15) is 19.3 Å². The van der Waals surface area contributed by atoms with E-state index in [4.69, 9.17) is 10.8 Å². The molecule has 0 saturated carbocycles. The second-order valence-corrected chi connectivity index (χ2v) is 6.70. The zero-order chi connectivity index (χ0) is 13.9. The standard InChI is InChI=1S/C12H19N3O3S/c13-11-3-5-14-8-12(11)19(17,18)15-6-1-2-10(9-15)4-7-16/h3,5,8,10,16H,1-2,4,6-7,9H2,(H2,13,14). The minimum Gasteiger partial charge on any atom is -0.398 e. The number of nitrogens with zero attached hydrogens (tertiary/aromatic N) is 2. The van der Waals surface area contributed by atoms with E-state index >= 15 is 0 Å². The van der Waals surface area contributed by atoms with E-state index in [2.05, 4.69) is 4.98 Å². The SMILES string of the molecule is Nc1ccncc1S(=O)(=O)N1CCCC(CCO)C1. The number of hydrogen-bond acceptors (Lipinski definition) is 5. The second kappa shape index (κ2) is 5.85. The van der Waals surface area contributed by atoms with Crippen molar-refractivity contribution in [1.29, 1.82) is 0 Å². The van der Waals surface area contributed by atoms with Gasteiger partial charge in [0, 0.05) is 32.1 Å². The van der Waals surface area contributed by atoms with Crippen molar-refractivity contribution in [3.05, 3.63) is 18.5 Å². The van der Waals surface area contributed by atoms with Gasteiger partial charge in [-0.15, -0.1) is 0 Å². The van der Waals surface area contributed by atoms with Crippen LogP contribution in [0.5, 0.6) is 0 Å². The molecule has 0 aromatic carbocycles. The van der Waals surface area contributed by atoms with Crippen molar-refractivity contribution in [2.45, 2.75) is 24.2 Å². The number of aliphatic hydroxyl groups is 1. The van der Waals surface area contributed by atoms with Gasteiger partial charge in [-0.25, -0.2) is 8.42 Å². The molecule has 1 aliphatic heterocycles. The Hall–Kier alpha value is -1.18. The van der Waals surface area contributed by atoms with Crippen molar-refractivity contribution in [2.24, 2.45) is 5.92 Å². The molecule has 0 radical (unpaired) electrons. The highest BCUT2D eigenvalue weighted by Crippen LogP contribution is 2.27. The molecule has 19 heavy (non-hydrogen) atoms. The van der Waals surface area contributed by atoms with Crippen molar-refractivity contribution in [3.8, 4) is 0 Å². The predicted octanol–water partition coefficient (Wildman–Crippen LogP) is 0.447. The van der Waals surface area contributed by atoms with E-state index in [9.17, 15) is 8.42 Å². The quantitative estimate of drug-likeness (QED) is 0.837. The molecule has 0 bridgehead atoms. The summed E-state index contributed by atoms with van der Waals surface area (Å²) in [7, 11) is -3.58. The normalized spacial score (nSPS) is 21.4. The number of aliphatic hydroxyl groups excluding tert-OH is 1. The first kappa shape index (κ1) is 14.2. The molecule has 1 saturated heterocycles. The van der Waals surface area contributed by atoms with Crippen LogP contribution in [0.4, 0.5) is 5.69 Å². The number of anilines is 1. The van der Waals surface area contributed by atoms with Gasteiger partial charge in [0.25, 0.3) is 0 Å². The number of pyridine rings is 1. The van der Waals surface area contributed by atoms with Gasteiger partial charge in [-0.3, -0.25) is 4.98 Å². The number of nitrogens with two attached hydrogens (primary N) is 1. The van der Waals surface area contributed by atoms with E-state index in [1.807, 2.05) is 0 Å². The van der Waals surface area contributed by atoms with Gasteiger partial charge in [0.1, 0.15) is 4.90 Å². The molecule has 0 amide bonds. The smallest absolute Gasteiger partial charge is 0.246 e. The summed E-state index contributed by atoms with van der Waals surface area (Å²) >= 11 is 0. The highest BCUT2D eigenvalue weighted by Gasteiger charge is 2.31. The van der Waals surface area contributed by atoms with E-state index in [-0.39, 0.29) is 23.1 Å². The number of sulfonamides is 1. The molecule has 1 aromatic rings. The summed E-state index contributed by atoms with van der Waals surface area (Å²) < 4.78 is 26.5. The summed E-state index contributed by atoms with van der Waals surface area (Å²) in [5.74, 6) is 0.214. The average Bonchev–Trinajstić information content (AvgIpc) is 2.40. The Morgan fingerprint density at radius 3 is 3.00 bits per heavy atom. The van der Waals surface area contributed by atoms with Crippen LogP contribution >= 0.6 is 0 Å². The minimum atomic E-state index is -3.58. The topological polar surface area (TPSA) is 96.5 Å². The Bertz CT molecular complexity index is 531. The number of rotatable bonds is 4. The monoisotopic (exact) mass is 285 g/mol. The molecule has 3 N–H and O–H groups in total. The number of aromatic nitrogens is 1. The highest BCUT2D eigenvalue weighted by molar-refractivity contribution is 7.89. The van der Waals surface area contributed by atoms with Gasteiger partial charge >= 0.3 is 0 Å². The molecule has 1 aromatic heterocycles. The van der Waals surface area contributed by atoms with Crippen LogP contribution in [0, 0.1) is 5.92 Å². The van der Waals surface area contributed by atoms with E-state index in [0.717, 1.165) is 12.8 Å². The highest BCUT2D eigenvalue weighted by atomic mass is 32.2. The van der Waals surface area contributed by atoms with E-state index < -0.39 is 10.0 Å². The fourth-order valence-corrected chi connectivity index (χ4v) is 4.02. The molecule has 0 spiro atoms. The van der Waals surface area contributed by atoms with Crippen molar-refractivity contribution in [2.75, 3.05) is 25.4 Å². The van der Waals surface area contributed by atoms with Gasteiger partial charge in [-0.2, -0.15) is 4.31 Å². The fraction of sp³-hybridized carbons (Fsp3) is 0.583. The molecule has 1 fully saturated rings. The van der Waals surface area contributed by atoms with Crippen molar-refractivity contribution < 1.29 is 13.5 Å². The molecule has 0 aliphatic carbocycles. The zero-order valence-corrected chi connectivity index (χ0v) is 11.5. The van der Waals surface area contributed by atoms with E-state index in [0.29, 0.717) is 19.5 Å². The van der Waals surface area contributed by atoms with E-state index in [1.165, 1.54) is 22.8 Å². The number of piperidine rings is 1.